The van der Waals surface area contributed by atoms with E-state index < -0.39 is 11.9 Å². The second-order valence-corrected chi connectivity index (χ2v) is 3.91. The summed E-state index contributed by atoms with van der Waals surface area (Å²) in [5.41, 5.74) is 2.33. The van der Waals surface area contributed by atoms with Gasteiger partial charge in [-0.05, 0) is 43.0 Å². The molecular formula is C13H16O4. The molecule has 0 heterocycles. The second-order valence-electron chi connectivity index (χ2n) is 3.91. The van der Waals surface area contributed by atoms with Gasteiger partial charge in [0.2, 0.25) is 0 Å². The summed E-state index contributed by atoms with van der Waals surface area (Å²) in [7, 11) is 0. The molecule has 0 aliphatic heterocycles. The summed E-state index contributed by atoms with van der Waals surface area (Å²) in [6, 6.07) is 1.57. The molecule has 0 aromatic heterocycles. The van der Waals surface area contributed by atoms with E-state index in [9.17, 15) is 9.59 Å². The molecule has 0 amide bonds. The predicted molar refractivity (Wildman–Crippen MR) is 63.6 cm³/mol. The van der Waals surface area contributed by atoms with Gasteiger partial charge in [-0.3, -0.25) is 4.79 Å². The van der Waals surface area contributed by atoms with Crippen LogP contribution in [-0.2, 0) is 11.2 Å². The van der Waals surface area contributed by atoms with E-state index in [1.807, 2.05) is 6.92 Å². The minimum absolute atomic E-state index is 0.259. The lowest BCUT2D eigenvalue weighted by Gasteiger charge is -2.15. The lowest BCUT2D eigenvalue weighted by molar-refractivity contribution is -0.131. The molecule has 1 N–H and O–H groups in total. The van der Waals surface area contributed by atoms with Crippen molar-refractivity contribution in [2.45, 2.75) is 34.1 Å². The molecule has 0 unspecified atom stereocenters. The number of rotatable bonds is 3. The molecule has 1 aromatic rings. The van der Waals surface area contributed by atoms with Crippen LogP contribution >= 0.6 is 0 Å². The summed E-state index contributed by atoms with van der Waals surface area (Å²) in [4.78, 5) is 22.1. The molecule has 4 heteroatoms. The molecule has 1 aromatic carbocycles. The standard InChI is InChI=1S/C13H16O4/c1-5-10-6-11(13(15)16)7(2)8(3)12(10)17-9(4)14/h6H,5H2,1-4H3,(H,15,16). The van der Waals surface area contributed by atoms with Crippen LogP contribution in [-0.4, -0.2) is 17.0 Å². The lowest BCUT2D eigenvalue weighted by Crippen LogP contribution is -2.10. The molecule has 0 aliphatic rings. The van der Waals surface area contributed by atoms with Gasteiger partial charge in [0, 0.05) is 6.92 Å². The van der Waals surface area contributed by atoms with Gasteiger partial charge < -0.3 is 9.84 Å². The predicted octanol–water partition coefficient (Wildman–Crippen LogP) is 2.49. The molecule has 0 atom stereocenters. The minimum atomic E-state index is -0.963. The van der Waals surface area contributed by atoms with Crippen LogP contribution in [0.25, 0.3) is 0 Å². The quantitative estimate of drug-likeness (QED) is 0.647. The van der Waals surface area contributed by atoms with Crippen molar-refractivity contribution in [2.75, 3.05) is 0 Å². The normalized spacial score (nSPS) is 10.1. The maximum atomic E-state index is 11.1. The Kier molecular flexibility index (Phi) is 3.89. The Bertz CT molecular complexity index is 475. The van der Waals surface area contributed by atoms with Crippen molar-refractivity contribution < 1.29 is 19.4 Å². The second kappa shape index (κ2) is 4.99. The Labute approximate surface area is 100 Å². The zero-order chi connectivity index (χ0) is 13.2. The van der Waals surface area contributed by atoms with Crippen LogP contribution in [0.5, 0.6) is 5.75 Å². The highest BCUT2D eigenvalue weighted by Crippen LogP contribution is 2.30. The summed E-state index contributed by atoms with van der Waals surface area (Å²) < 4.78 is 5.15. The average molecular weight is 236 g/mol. The number of carbonyl (C=O) groups excluding carboxylic acids is 1. The maximum Gasteiger partial charge on any atom is 0.335 e. The van der Waals surface area contributed by atoms with E-state index >= 15 is 0 Å². The smallest absolute Gasteiger partial charge is 0.335 e. The fourth-order valence-electron chi connectivity index (χ4n) is 1.73. The summed E-state index contributed by atoms with van der Waals surface area (Å²) >= 11 is 0. The molecule has 17 heavy (non-hydrogen) atoms. The number of esters is 1. The number of carbonyl (C=O) groups is 2. The number of hydrogen-bond donors (Lipinski definition) is 1. The van der Waals surface area contributed by atoms with Crippen molar-refractivity contribution in [3.05, 3.63) is 28.3 Å². The maximum absolute atomic E-state index is 11.1. The largest absolute Gasteiger partial charge is 0.478 e. The molecular weight excluding hydrogens is 220 g/mol. The van der Waals surface area contributed by atoms with Crippen molar-refractivity contribution in [1.29, 1.82) is 0 Å². The first kappa shape index (κ1) is 13.2. The van der Waals surface area contributed by atoms with Gasteiger partial charge in [0.1, 0.15) is 5.75 Å². The molecule has 1 rings (SSSR count). The Hall–Kier alpha value is -1.84. The third kappa shape index (κ3) is 2.64. The van der Waals surface area contributed by atoms with Crippen molar-refractivity contribution in [3.63, 3.8) is 0 Å². The number of carboxylic acid groups (broad SMARTS) is 1. The van der Waals surface area contributed by atoms with Gasteiger partial charge in [0.25, 0.3) is 0 Å². The Morgan fingerprint density at radius 3 is 2.29 bits per heavy atom. The molecule has 0 fully saturated rings. The molecule has 0 spiro atoms. The average Bonchev–Trinajstić information content (AvgIpc) is 2.24. The third-order valence-electron chi connectivity index (χ3n) is 2.77. The first-order valence-corrected chi connectivity index (χ1v) is 5.43. The van der Waals surface area contributed by atoms with Crippen LogP contribution in [0.15, 0.2) is 6.07 Å². The molecule has 0 aliphatic carbocycles. The van der Waals surface area contributed by atoms with Gasteiger partial charge in [-0.25, -0.2) is 4.79 Å². The summed E-state index contributed by atoms with van der Waals surface area (Å²) in [5, 5.41) is 9.08. The molecule has 92 valence electrons. The van der Waals surface area contributed by atoms with Crippen LogP contribution in [0, 0.1) is 13.8 Å². The highest BCUT2D eigenvalue weighted by molar-refractivity contribution is 5.90. The first-order valence-electron chi connectivity index (χ1n) is 5.43. The third-order valence-corrected chi connectivity index (χ3v) is 2.77. The van der Waals surface area contributed by atoms with Crippen LogP contribution in [0.1, 0.15) is 40.9 Å². The fourth-order valence-corrected chi connectivity index (χ4v) is 1.73. The fraction of sp³-hybridized carbons (Fsp3) is 0.385. The molecule has 4 nitrogen and oxygen atoms in total. The van der Waals surface area contributed by atoms with Crippen LogP contribution in [0.2, 0.25) is 0 Å². The lowest BCUT2D eigenvalue weighted by atomic mass is 9.97. The van der Waals surface area contributed by atoms with Crippen LogP contribution < -0.4 is 4.74 Å². The zero-order valence-electron chi connectivity index (χ0n) is 10.5. The van der Waals surface area contributed by atoms with Gasteiger partial charge in [-0.2, -0.15) is 0 Å². The molecule has 0 bridgehead atoms. The van der Waals surface area contributed by atoms with Crippen molar-refractivity contribution >= 4 is 11.9 Å². The monoisotopic (exact) mass is 236 g/mol. The Morgan fingerprint density at radius 2 is 1.88 bits per heavy atom. The number of ether oxygens (including phenoxy) is 1. The van der Waals surface area contributed by atoms with Gasteiger partial charge in [-0.1, -0.05) is 6.92 Å². The molecule has 0 saturated heterocycles. The van der Waals surface area contributed by atoms with E-state index in [1.54, 1.807) is 19.9 Å². The highest BCUT2D eigenvalue weighted by Gasteiger charge is 2.17. The Balaban J connectivity index is 3.46. The van der Waals surface area contributed by atoms with Gasteiger partial charge in [-0.15, -0.1) is 0 Å². The number of benzene rings is 1. The molecule has 0 saturated carbocycles. The van der Waals surface area contributed by atoms with E-state index in [-0.39, 0.29) is 5.56 Å². The Morgan fingerprint density at radius 1 is 1.29 bits per heavy atom. The summed E-state index contributed by atoms with van der Waals surface area (Å²) in [6.07, 6.45) is 0.615. The highest BCUT2D eigenvalue weighted by atomic mass is 16.5. The minimum Gasteiger partial charge on any atom is -0.478 e. The van der Waals surface area contributed by atoms with E-state index in [1.165, 1.54) is 6.92 Å². The number of hydrogen-bond acceptors (Lipinski definition) is 3. The summed E-state index contributed by atoms with van der Waals surface area (Å²) in [5.74, 6) is -0.873. The SMILES string of the molecule is CCc1cc(C(=O)O)c(C)c(C)c1OC(C)=O. The number of carboxylic acids is 1. The topological polar surface area (TPSA) is 63.6 Å². The van der Waals surface area contributed by atoms with Crippen LogP contribution in [0.3, 0.4) is 0 Å². The van der Waals surface area contributed by atoms with E-state index in [4.69, 9.17) is 9.84 Å². The zero-order valence-corrected chi connectivity index (χ0v) is 10.5. The van der Waals surface area contributed by atoms with Crippen molar-refractivity contribution in [1.82, 2.24) is 0 Å². The number of aromatic carboxylic acids is 1. The van der Waals surface area contributed by atoms with Crippen LogP contribution in [0.4, 0.5) is 0 Å². The van der Waals surface area contributed by atoms with E-state index in [0.29, 0.717) is 23.3 Å². The first-order chi connectivity index (χ1) is 7.88. The van der Waals surface area contributed by atoms with E-state index in [0.717, 1.165) is 5.56 Å². The van der Waals surface area contributed by atoms with Crippen molar-refractivity contribution in [3.8, 4) is 5.75 Å². The van der Waals surface area contributed by atoms with Gasteiger partial charge in [0.15, 0.2) is 0 Å². The number of aryl methyl sites for hydroxylation is 1. The van der Waals surface area contributed by atoms with Gasteiger partial charge >= 0.3 is 11.9 Å². The molecule has 0 radical (unpaired) electrons. The van der Waals surface area contributed by atoms with Crippen molar-refractivity contribution in [2.24, 2.45) is 0 Å². The van der Waals surface area contributed by atoms with E-state index in [2.05, 4.69) is 0 Å². The summed E-state index contributed by atoms with van der Waals surface area (Å²) in [6.45, 7) is 6.70. The van der Waals surface area contributed by atoms with Gasteiger partial charge in [0.05, 0.1) is 5.56 Å².